The van der Waals surface area contributed by atoms with Gasteiger partial charge in [-0.25, -0.2) is 0 Å². The van der Waals surface area contributed by atoms with Crippen LogP contribution in [0.2, 0.25) is 0 Å². The zero-order valence-corrected chi connectivity index (χ0v) is 15.1. The number of amidine groups is 1. The molecule has 0 radical (unpaired) electrons. The number of hydrogen-bond donors (Lipinski definition) is 0. The van der Waals surface area contributed by atoms with Gasteiger partial charge in [-0.15, -0.1) is 0 Å². The van der Waals surface area contributed by atoms with E-state index in [4.69, 9.17) is 15.0 Å². The highest BCUT2D eigenvalue weighted by Crippen LogP contribution is 2.44. The van der Waals surface area contributed by atoms with Crippen molar-refractivity contribution in [3.63, 3.8) is 0 Å². The fourth-order valence-corrected chi connectivity index (χ4v) is 4.90. The van der Waals surface area contributed by atoms with Gasteiger partial charge in [-0.3, -0.25) is 0 Å². The number of nitrogens with zero attached hydrogens (tertiary/aromatic N) is 3. The van der Waals surface area contributed by atoms with E-state index in [9.17, 15) is 0 Å². The third-order valence-electron chi connectivity index (χ3n) is 6.22. The normalized spacial score (nSPS) is 24.2. The second kappa shape index (κ2) is 6.71. The maximum Gasteiger partial charge on any atom is 0.293 e. The lowest BCUT2D eigenvalue weighted by Gasteiger charge is -2.37. The molecular weight excluding hydrogens is 310 g/mol. The molecule has 4 heteroatoms. The van der Waals surface area contributed by atoms with Gasteiger partial charge >= 0.3 is 0 Å². The van der Waals surface area contributed by atoms with Crippen molar-refractivity contribution in [1.29, 1.82) is 5.26 Å². The molecule has 25 heavy (non-hydrogen) atoms. The quantitative estimate of drug-likeness (QED) is 0.803. The predicted octanol–water partition coefficient (Wildman–Crippen LogP) is 4.70. The minimum atomic E-state index is 0.187. The summed E-state index contributed by atoms with van der Waals surface area (Å²) in [6.07, 6.45) is 11.1. The third-order valence-corrected chi connectivity index (χ3v) is 6.22. The van der Waals surface area contributed by atoms with Gasteiger partial charge in [0.05, 0.1) is 22.9 Å². The summed E-state index contributed by atoms with van der Waals surface area (Å²) in [6.45, 7) is 2.91. The Bertz CT molecular complexity index is 706. The van der Waals surface area contributed by atoms with Gasteiger partial charge in [0.2, 0.25) is 0 Å². The molecule has 3 aliphatic rings. The first-order valence-corrected chi connectivity index (χ1v) is 9.79. The number of aliphatic imine (C=N–C) groups is 1. The van der Waals surface area contributed by atoms with E-state index in [2.05, 4.69) is 17.9 Å². The van der Waals surface area contributed by atoms with Gasteiger partial charge in [0.15, 0.2) is 0 Å². The molecule has 1 aromatic rings. The van der Waals surface area contributed by atoms with Crippen LogP contribution in [0.5, 0.6) is 0 Å². The summed E-state index contributed by atoms with van der Waals surface area (Å²) < 4.78 is 6.19. The first-order valence-electron chi connectivity index (χ1n) is 9.79. The summed E-state index contributed by atoms with van der Waals surface area (Å²) in [6, 6.07) is 9.43. The Morgan fingerprint density at radius 3 is 2.68 bits per heavy atom. The smallest absolute Gasteiger partial charge is 0.293 e. The monoisotopic (exact) mass is 337 g/mol. The second-order valence-corrected chi connectivity index (χ2v) is 7.73. The van der Waals surface area contributed by atoms with E-state index in [1.165, 1.54) is 51.4 Å². The third kappa shape index (κ3) is 2.90. The maximum atomic E-state index is 9.14. The van der Waals surface area contributed by atoms with Crippen molar-refractivity contribution in [2.45, 2.75) is 76.3 Å². The van der Waals surface area contributed by atoms with Gasteiger partial charge in [-0.1, -0.05) is 32.6 Å². The molecule has 0 aromatic heterocycles. The zero-order chi connectivity index (χ0) is 17.3. The predicted molar refractivity (Wildman–Crippen MR) is 98.9 cm³/mol. The van der Waals surface area contributed by atoms with E-state index in [1.54, 1.807) is 0 Å². The van der Waals surface area contributed by atoms with Gasteiger partial charge in [-0.2, -0.15) is 10.3 Å². The van der Waals surface area contributed by atoms with E-state index < -0.39 is 0 Å². The molecule has 4 nitrogen and oxygen atoms in total. The highest BCUT2D eigenvalue weighted by Gasteiger charge is 2.50. The SMILES string of the molecule is CCc1cc(C#N)ccc1N=C1OCC2(CCCC2)N1C1CCCC1. The molecular formula is C21H27N3O. The lowest BCUT2D eigenvalue weighted by Crippen LogP contribution is -2.50. The van der Waals surface area contributed by atoms with Crippen molar-refractivity contribution < 1.29 is 4.74 Å². The number of ether oxygens (including phenoxy) is 1. The van der Waals surface area contributed by atoms with Crippen LogP contribution >= 0.6 is 0 Å². The van der Waals surface area contributed by atoms with Crippen molar-refractivity contribution in [3.8, 4) is 6.07 Å². The molecule has 1 spiro atoms. The molecule has 2 aliphatic carbocycles. The summed E-state index contributed by atoms with van der Waals surface area (Å²) in [4.78, 5) is 7.52. The molecule has 0 unspecified atom stereocenters. The first-order chi connectivity index (χ1) is 12.3. The number of nitriles is 1. The van der Waals surface area contributed by atoms with E-state index in [0.29, 0.717) is 11.6 Å². The summed E-state index contributed by atoms with van der Waals surface area (Å²) >= 11 is 0. The Labute approximate surface area is 150 Å². The van der Waals surface area contributed by atoms with Crippen LogP contribution in [0.3, 0.4) is 0 Å². The zero-order valence-electron chi connectivity index (χ0n) is 15.1. The van der Waals surface area contributed by atoms with Gasteiger partial charge in [0.1, 0.15) is 6.61 Å². The standard InChI is InChI=1S/C21H27N3O/c1-2-17-13-16(14-22)9-10-19(17)23-20-24(18-7-3-4-8-18)21(15-25-20)11-5-6-12-21/h9-10,13,18H,2-8,11-12,15H2,1H3. The number of rotatable bonds is 3. The Morgan fingerprint density at radius 1 is 1.24 bits per heavy atom. The highest BCUT2D eigenvalue weighted by atomic mass is 16.5. The van der Waals surface area contributed by atoms with E-state index in [0.717, 1.165) is 30.3 Å². The largest absolute Gasteiger partial charge is 0.462 e. The maximum absolute atomic E-state index is 9.14. The number of hydrogen-bond acceptors (Lipinski definition) is 3. The minimum absolute atomic E-state index is 0.187. The van der Waals surface area contributed by atoms with Crippen LogP contribution in [0.4, 0.5) is 5.69 Å². The Kier molecular flexibility index (Phi) is 4.41. The van der Waals surface area contributed by atoms with Gasteiger partial charge < -0.3 is 9.64 Å². The molecule has 0 amide bonds. The average Bonchev–Trinajstić information content (AvgIpc) is 3.38. The summed E-state index contributed by atoms with van der Waals surface area (Å²) in [5, 5.41) is 9.14. The van der Waals surface area contributed by atoms with Gasteiger partial charge in [0.25, 0.3) is 6.02 Å². The van der Waals surface area contributed by atoms with Crippen molar-refractivity contribution in [1.82, 2.24) is 4.90 Å². The lowest BCUT2D eigenvalue weighted by molar-refractivity contribution is 0.148. The van der Waals surface area contributed by atoms with E-state index in [-0.39, 0.29) is 5.54 Å². The molecule has 0 N–H and O–H groups in total. The van der Waals surface area contributed by atoms with Crippen LogP contribution in [0.1, 0.15) is 69.4 Å². The molecule has 1 heterocycles. The average molecular weight is 337 g/mol. The Hall–Kier alpha value is -2.02. The molecule has 0 bridgehead atoms. The molecule has 1 aliphatic heterocycles. The first kappa shape index (κ1) is 16.4. The fraction of sp³-hybridized carbons (Fsp3) is 0.619. The number of aryl methyl sites for hydroxylation is 1. The molecule has 4 rings (SSSR count). The van der Waals surface area contributed by atoms with Crippen LogP contribution in [0.15, 0.2) is 23.2 Å². The molecule has 1 saturated heterocycles. The Morgan fingerprint density at radius 2 is 2.00 bits per heavy atom. The van der Waals surface area contributed by atoms with Crippen molar-refractivity contribution in [2.75, 3.05) is 6.61 Å². The molecule has 2 saturated carbocycles. The minimum Gasteiger partial charge on any atom is -0.462 e. The molecule has 1 aromatic carbocycles. The summed E-state index contributed by atoms with van der Waals surface area (Å²) in [5.74, 6) is 0. The van der Waals surface area contributed by atoms with Gasteiger partial charge in [0, 0.05) is 6.04 Å². The summed E-state index contributed by atoms with van der Waals surface area (Å²) in [5.41, 5.74) is 2.96. The van der Waals surface area contributed by atoms with Crippen LogP contribution in [0.25, 0.3) is 0 Å². The van der Waals surface area contributed by atoms with Crippen LogP contribution in [-0.2, 0) is 11.2 Å². The summed E-state index contributed by atoms with van der Waals surface area (Å²) in [7, 11) is 0. The highest BCUT2D eigenvalue weighted by molar-refractivity contribution is 5.81. The van der Waals surface area contributed by atoms with Crippen LogP contribution < -0.4 is 0 Å². The van der Waals surface area contributed by atoms with Crippen molar-refractivity contribution >= 4 is 11.7 Å². The lowest BCUT2D eigenvalue weighted by atomic mass is 9.95. The van der Waals surface area contributed by atoms with E-state index in [1.807, 2.05) is 18.2 Å². The topological polar surface area (TPSA) is 48.6 Å². The van der Waals surface area contributed by atoms with Crippen LogP contribution in [0, 0.1) is 11.3 Å². The van der Waals surface area contributed by atoms with Crippen molar-refractivity contribution in [3.05, 3.63) is 29.3 Å². The van der Waals surface area contributed by atoms with Crippen LogP contribution in [-0.4, -0.2) is 29.1 Å². The second-order valence-electron chi connectivity index (χ2n) is 7.73. The Balaban J connectivity index is 1.71. The molecule has 3 fully saturated rings. The van der Waals surface area contributed by atoms with E-state index >= 15 is 0 Å². The fourth-order valence-electron chi connectivity index (χ4n) is 4.90. The number of benzene rings is 1. The molecule has 132 valence electrons. The van der Waals surface area contributed by atoms with Crippen molar-refractivity contribution in [2.24, 2.45) is 4.99 Å². The van der Waals surface area contributed by atoms with Gasteiger partial charge in [-0.05, 0) is 55.9 Å². The molecule has 0 atom stereocenters.